The number of para-hydroxylation sites is 1. The van der Waals surface area contributed by atoms with Crippen molar-refractivity contribution in [2.24, 2.45) is 0 Å². The minimum Gasteiger partial charge on any atom is -0.480 e. The number of hydrogen-bond acceptors (Lipinski definition) is 4. The van der Waals surface area contributed by atoms with Gasteiger partial charge < -0.3 is 14.9 Å². The van der Waals surface area contributed by atoms with Crippen LogP contribution >= 0.6 is 0 Å². The summed E-state index contributed by atoms with van der Waals surface area (Å²) in [6.07, 6.45) is 3.09. The molecule has 1 spiro atoms. The number of anilines is 2. The molecular weight excluding hydrogens is 318 g/mol. The number of carboxylic acid groups (broad SMARTS) is 1. The lowest BCUT2D eigenvalue weighted by Crippen LogP contribution is -2.49. The van der Waals surface area contributed by atoms with E-state index in [9.17, 15) is 14.7 Å². The zero-order valence-electron chi connectivity index (χ0n) is 13.8. The Morgan fingerprint density at radius 1 is 1.12 bits per heavy atom. The number of aliphatic carboxylic acids is 1. The molecule has 1 N–H and O–H groups in total. The van der Waals surface area contributed by atoms with Gasteiger partial charge in [-0.1, -0.05) is 24.3 Å². The van der Waals surface area contributed by atoms with Crippen LogP contribution in [-0.4, -0.2) is 41.6 Å². The standard InChI is InChI=1S/C19H19N3O3/c23-17(24)13-22-15-6-2-1-5-14(15)19(18(22)25)8-11-21(12-9-19)16-7-3-4-10-20-16/h1-7,10H,8-9,11-13H2,(H,23,24). The predicted molar refractivity (Wildman–Crippen MR) is 93.8 cm³/mol. The lowest BCUT2D eigenvalue weighted by molar-refractivity contribution is -0.137. The molecule has 4 rings (SSSR count). The maximum atomic E-state index is 13.1. The third-order valence-corrected chi connectivity index (χ3v) is 5.25. The largest absolute Gasteiger partial charge is 0.480 e. The fourth-order valence-electron chi connectivity index (χ4n) is 4.03. The highest BCUT2D eigenvalue weighted by molar-refractivity contribution is 6.10. The highest BCUT2D eigenvalue weighted by Crippen LogP contribution is 2.48. The molecule has 0 bridgehead atoms. The van der Waals surface area contributed by atoms with E-state index in [1.54, 1.807) is 6.20 Å². The summed E-state index contributed by atoms with van der Waals surface area (Å²) in [7, 11) is 0. The Labute approximate surface area is 145 Å². The topological polar surface area (TPSA) is 73.7 Å². The molecule has 0 saturated carbocycles. The van der Waals surface area contributed by atoms with E-state index in [2.05, 4.69) is 9.88 Å². The van der Waals surface area contributed by atoms with Gasteiger partial charge in [0, 0.05) is 25.0 Å². The van der Waals surface area contributed by atoms with Crippen LogP contribution in [0.25, 0.3) is 0 Å². The van der Waals surface area contributed by atoms with E-state index in [-0.39, 0.29) is 12.5 Å². The van der Waals surface area contributed by atoms with Gasteiger partial charge in [0.2, 0.25) is 5.91 Å². The third-order valence-electron chi connectivity index (χ3n) is 5.25. The van der Waals surface area contributed by atoms with Gasteiger partial charge in [0.05, 0.1) is 5.41 Å². The first-order valence-electron chi connectivity index (χ1n) is 8.41. The maximum absolute atomic E-state index is 13.1. The van der Waals surface area contributed by atoms with Crippen molar-refractivity contribution in [3.63, 3.8) is 0 Å². The highest BCUT2D eigenvalue weighted by atomic mass is 16.4. The van der Waals surface area contributed by atoms with Crippen molar-refractivity contribution in [3.8, 4) is 0 Å². The number of hydrogen-bond donors (Lipinski definition) is 1. The number of piperidine rings is 1. The molecule has 1 fully saturated rings. The van der Waals surface area contributed by atoms with Gasteiger partial charge in [0.25, 0.3) is 0 Å². The molecule has 0 atom stereocenters. The quantitative estimate of drug-likeness (QED) is 0.928. The van der Waals surface area contributed by atoms with E-state index in [1.807, 2.05) is 42.5 Å². The number of carbonyl (C=O) groups excluding carboxylic acids is 1. The summed E-state index contributed by atoms with van der Waals surface area (Å²) in [5.41, 5.74) is 1.08. The van der Waals surface area contributed by atoms with Crippen LogP contribution < -0.4 is 9.80 Å². The normalized spacial score (nSPS) is 18.5. The number of nitrogens with zero attached hydrogens (tertiary/aromatic N) is 3. The third kappa shape index (κ3) is 2.45. The van der Waals surface area contributed by atoms with E-state index in [0.29, 0.717) is 12.8 Å². The van der Waals surface area contributed by atoms with Crippen molar-refractivity contribution in [2.75, 3.05) is 29.4 Å². The Kier molecular flexibility index (Phi) is 3.67. The molecule has 1 aromatic carbocycles. The van der Waals surface area contributed by atoms with E-state index in [1.165, 1.54) is 4.90 Å². The van der Waals surface area contributed by atoms with Crippen LogP contribution in [0.3, 0.4) is 0 Å². The molecule has 128 valence electrons. The van der Waals surface area contributed by atoms with Crippen LogP contribution in [0.1, 0.15) is 18.4 Å². The Bertz CT molecular complexity index is 814. The molecule has 6 heteroatoms. The van der Waals surface area contributed by atoms with E-state index < -0.39 is 11.4 Å². The predicted octanol–water partition coefficient (Wildman–Crippen LogP) is 2.05. The van der Waals surface area contributed by atoms with Crippen molar-refractivity contribution in [1.29, 1.82) is 0 Å². The van der Waals surface area contributed by atoms with Gasteiger partial charge in [-0.25, -0.2) is 4.98 Å². The van der Waals surface area contributed by atoms with Crippen molar-refractivity contribution < 1.29 is 14.7 Å². The summed E-state index contributed by atoms with van der Waals surface area (Å²) in [5.74, 6) is -0.165. The fraction of sp³-hybridized carbons (Fsp3) is 0.316. The van der Waals surface area contributed by atoms with Crippen LogP contribution in [-0.2, 0) is 15.0 Å². The van der Waals surface area contributed by atoms with Gasteiger partial charge in [-0.3, -0.25) is 9.59 Å². The number of carbonyl (C=O) groups is 2. The zero-order valence-corrected chi connectivity index (χ0v) is 13.8. The fourth-order valence-corrected chi connectivity index (χ4v) is 4.03. The highest BCUT2D eigenvalue weighted by Gasteiger charge is 2.52. The summed E-state index contributed by atoms with van der Waals surface area (Å²) in [6, 6.07) is 13.4. The number of aromatic nitrogens is 1. The minimum atomic E-state index is -0.994. The maximum Gasteiger partial charge on any atom is 0.323 e. The van der Waals surface area contributed by atoms with Crippen molar-refractivity contribution >= 4 is 23.4 Å². The molecule has 1 amide bonds. The summed E-state index contributed by atoms with van der Waals surface area (Å²) < 4.78 is 0. The Morgan fingerprint density at radius 2 is 1.84 bits per heavy atom. The molecule has 0 radical (unpaired) electrons. The number of pyridine rings is 1. The van der Waals surface area contributed by atoms with Crippen LogP contribution in [0.4, 0.5) is 11.5 Å². The Balaban J connectivity index is 1.64. The van der Waals surface area contributed by atoms with Crippen LogP contribution in [0.2, 0.25) is 0 Å². The molecule has 1 aromatic heterocycles. The van der Waals surface area contributed by atoms with Gasteiger partial charge in [-0.15, -0.1) is 0 Å². The number of rotatable bonds is 3. The van der Waals surface area contributed by atoms with Gasteiger partial charge >= 0.3 is 5.97 Å². The lowest BCUT2D eigenvalue weighted by Gasteiger charge is -2.39. The van der Waals surface area contributed by atoms with Gasteiger partial charge in [0.1, 0.15) is 12.4 Å². The van der Waals surface area contributed by atoms with Gasteiger partial charge in [-0.2, -0.15) is 0 Å². The zero-order chi connectivity index (χ0) is 17.4. The average molecular weight is 337 g/mol. The first-order valence-corrected chi connectivity index (χ1v) is 8.41. The molecule has 2 aliphatic heterocycles. The van der Waals surface area contributed by atoms with Crippen molar-refractivity contribution in [2.45, 2.75) is 18.3 Å². The van der Waals surface area contributed by atoms with Gasteiger partial charge in [-0.05, 0) is 36.6 Å². The SMILES string of the molecule is O=C(O)CN1C(=O)C2(CCN(c3ccccn3)CC2)c2ccccc21. The Hall–Kier alpha value is -2.89. The lowest BCUT2D eigenvalue weighted by atomic mass is 9.73. The summed E-state index contributed by atoms with van der Waals surface area (Å²) in [6.45, 7) is 1.15. The molecule has 0 aliphatic carbocycles. The first-order chi connectivity index (χ1) is 12.1. The number of fused-ring (bicyclic) bond motifs is 2. The summed E-state index contributed by atoms with van der Waals surface area (Å²) in [5, 5.41) is 9.18. The molecule has 25 heavy (non-hydrogen) atoms. The molecule has 2 aromatic rings. The van der Waals surface area contributed by atoms with Crippen LogP contribution in [0.5, 0.6) is 0 Å². The second-order valence-corrected chi connectivity index (χ2v) is 6.56. The Morgan fingerprint density at radius 3 is 2.52 bits per heavy atom. The summed E-state index contributed by atoms with van der Waals surface area (Å²) >= 11 is 0. The minimum absolute atomic E-state index is 0.0863. The first kappa shape index (κ1) is 15.6. The average Bonchev–Trinajstić information content (AvgIpc) is 2.86. The molecule has 2 aliphatic rings. The van der Waals surface area contributed by atoms with E-state index in [0.717, 1.165) is 30.2 Å². The van der Waals surface area contributed by atoms with E-state index in [4.69, 9.17) is 0 Å². The second-order valence-electron chi connectivity index (χ2n) is 6.56. The number of amides is 1. The molecular formula is C19H19N3O3. The molecule has 3 heterocycles. The van der Waals surface area contributed by atoms with Gasteiger partial charge in [0.15, 0.2) is 0 Å². The molecule has 0 unspecified atom stereocenters. The van der Waals surface area contributed by atoms with E-state index >= 15 is 0 Å². The van der Waals surface area contributed by atoms with Crippen LogP contribution in [0, 0.1) is 0 Å². The second kappa shape index (κ2) is 5.88. The van der Waals surface area contributed by atoms with Crippen molar-refractivity contribution in [1.82, 2.24) is 4.98 Å². The summed E-state index contributed by atoms with van der Waals surface area (Å²) in [4.78, 5) is 32.3. The number of carboxylic acids is 1. The smallest absolute Gasteiger partial charge is 0.323 e. The molecule has 6 nitrogen and oxygen atoms in total. The number of benzene rings is 1. The molecule has 1 saturated heterocycles. The van der Waals surface area contributed by atoms with Crippen molar-refractivity contribution in [3.05, 3.63) is 54.2 Å². The van der Waals surface area contributed by atoms with Crippen LogP contribution in [0.15, 0.2) is 48.7 Å². The monoisotopic (exact) mass is 337 g/mol.